The second-order valence-corrected chi connectivity index (χ2v) is 6.44. The number of furan rings is 1. The van der Waals surface area contributed by atoms with Crippen LogP contribution in [0.2, 0.25) is 5.02 Å². The minimum Gasteiger partial charge on any atom is -0.465 e. The van der Waals surface area contributed by atoms with Crippen molar-refractivity contribution < 1.29 is 23.5 Å². The van der Waals surface area contributed by atoms with Gasteiger partial charge in [-0.05, 0) is 42.5 Å². The first kappa shape index (κ1) is 20.9. The van der Waals surface area contributed by atoms with Gasteiger partial charge >= 0.3 is 5.97 Å². The van der Waals surface area contributed by atoms with Crippen LogP contribution in [0.4, 0.5) is 5.69 Å². The molecule has 152 valence electrons. The van der Waals surface area contributed by atoms with Crippen molar-refractivity contribution >= 4 is 41.1 Å². The minimum absolute atomic E-state index is 0.0710. The van der Waals surface area contributed by atoms with Gasteiger partial charge in [-0.3, -0.25) is 9.59 Å². The summed E-state index contributed by atoms with van der Waals surface area (Å²) >= 11 is 6.07. The van der Waals surface area contributed by atoms with Crippen LogP contribution in [-0.4, -0.2) is 24.9 Å². The van der Waals surface area contributed by atoms with Crippen LogP contribution in [0, 0.1) is 0 Å². The van der Waals surface area contributed by atoms with Crippen molar-refractivity contribution in [3.63, 3.8) is 0 Å². The summed E-state index contributed by atoms with van der Waals surface area (Å²) in [5.41, 5.74) is 0.760. The van der Waals surface area contributed by atoms with Crippen molar-refractivity contribution in [2.45, 2.75) is 0 Å². The second-order valence-electron chi connectivity index (χ2n) is 6.03. The van der Waals surface area contributed by atoms with E-state index in [2.05, 4.69) is 15.4 Å². The highest BCUT2D eigenvalue weighted by molar-refractivity contribution is 6.34. The maximum absolute atomic E-state index is 12.9. The monoisotopic (exact) mass is 424 g/mol. The Hall–Kier alpha value is -3.84. The molecule has 0 aliphatic carbocycles. The smallest absolute Gasteiger partial charge is 0.337 e. The van der Waals surface area contributed by atoms with Crippen molar-refractivity contribution in [3.8, 4) is 0 Å². The van der Waals surface area contributed by atoms with E-state index in [0.717, 1.165) is 0 Å². The molecule has 0 aliphatic rings. The topological polar surface area (TPSA) is 97.6 Å². The van der Waals surface area contributed by atoms with E-state index >= 15 is 0 Å². The zero-order chi connectivity index (χ0) is 21.5. The van der Waals surface area contributed by atoms with Crippen LogP contribution in [0.3, 0.4) is 0 Å². The molecule has 8 heteroatoms. The average Bonchev–Trinajstić information content (AvgIpc) is 3.26. The Balaban J connectivity index is 1.86. The van der Waals surface area contributed by atoms with Crippen LogP contribution in [0.5, 0.6) is 0 Å². The van der Waals surface area contributed by atoms with Gasteiger partial charge in [0.2, 0.25) is 0 Å². The molecule has 0 unspecified atom stereocenters. The van der Waals surface area contributed by atoms with E-state index in [4.69, 9.17) is 16.0 Å². The van der Waals surface area contributed by atoms with Gasteiger partial charge in [-0.1, -0.05) is 29.8 Å². The molecule has 2 amide bonds. The number of esters is 1. The molecule has 3 rings (SSSR count). The molecule has 0 atom stereocenters. The Bertz CT molecular complexity index is 1110. The molecule has 1 heterocycles. The Morgan fingerprint density at radius 1 is 1.03 bits per heavy atom. The molecule has 0 aliphatic heterocycles. The Kier molecular flexibility index (Phi) is 6.67. The predicted molar refractivity (Wildman–Crippen MR) is 112 cm³/mol. The van der Waals surface area contributed by atoms with Crippen molar-refractivity contribution in [2.24, 2.45) is 0 Å². The number of hydrogen-bond acceptors (Lipinski definition) is 5. The molecule has 0 spiro atoms. The Morgan fingerprint density at radius 3 is 2.53 bits per heavy atom. The van der Waals surface area contributed by atoms with Crippen molar-refractivity contribution in [1.82, 2.24) is 5.32 Å². The quantitative estimate of drug-likeness (QED) is 0.458. The number of nitrogens with one attached hydrogen (secondary N) is 2. The molecule has 7 nitrogen and oxygen atoms in total. The number of rotatable bonds is 6. The molecule has 2 N–H and O–H groups in total. The molecule has 0 fully saturated rings. The second kappa shape index (κ2) is 9.58. The van der Waals surface area contributed by atoms with Crippen LogP contribution in [0.15, 0.2) is 77.0 Å². The lowest BCUT2D eigenvalue weighted by atomic mass is 10.2. The summed E-state index contributed by atoms with van der Waals surface area (Å²) in [5, 5.41) is 5.44. The van der Waals surface area contributed by atoms with E-state index in [1.54, 1.807) is 54.6 Å². The van der Waals surface area contributed by atoms with E-state index in [9.17, 15) is 14.4 Å². The summed E-state index contributed by atoms with van der Waals surface area (Å²) < 4.78 is 9.93. The molecule has 0 saturated heterocycles. The van der Waals surface area contributed by atoms with Gasteiger partial charge in [0.25, 0.3) is 11.8 Å². The van der Waals surface area contributed by atoms with Crippen molar-refractivity contribution in [1.29, 1.82) is 0 Å². The van der Waals surface area contributed by atoms with Gasteiger partial charge in [0.1, 0.15) is 11.5 Å². The normalized spacial score (nSPS) is 10.9. The van der Waals surface area contributed by atoms with E-state index in [1.807, 2.05) is 0 Å². The standard InChI is InChI=1S/C22H17ClN2O5/c1-29-22(28)14-6-4-7-15(12-14)24-21(27)19(13-16-8-5-11-30-16)25-20(26)17-9-2-3-10-18(17)23/h2-13H,1H3,(H,24,27)(H,25,26)/b19-13-. The first-order valence-electron chi connectivity index (χ1n) is 8.78. The van der Waals surface area contributed by atoms with Crippen LogP contribution in [0.25, 0.3) is 6.08 Å². The molecular weight excluding hydrogens is 408 g/mol. The first-order chi connectivity index (χ1) is 14.5. The molecule has 30 heavy (non-hydrogen) atoms. The third-order valence-electron chi connectivity index (χ3n) is 3.98. The fourth-order valence-corrected chi connectivity index (χ4v) is 2.77. The maximum Gasteiger partial charge on any atom is 0.337 e. The molecule has 1 aromatic heterocycles. The van der Waals surface area contributed by atoms with Gasteiger partial charge < -0.3 is 19.8 Å². The lowest BCUT2D eigenvalue weighted by molar-refractivity contribution is -0.113. The number of benzene rings is 2. The van der Waals surface area contributed by atoms with Crippen LogP contribution in [-0.2, 0) is 9.53 Å². The number of carbonyl (C=O) groups excluding carboxylic acids is 3. The number of amides is 2. The summed E-state index contributed by atoms with van der Waals surface area (Å²) in [6.45, 7) is 0. The van der Waals surface area contributed by atoms with Gasteiger partial charge in [-0.25, -0.2) is 4.79 Å². The predicted octanol–water partition coefficient (Wildman–Crippen LogP) is 4.13. The highest BCUT2D eigenvalue weighted by Crippen LogP contribution is 2.17. The molecular formula is C22H17ClN2O5. The number of methoxy groups -OCH3 is 1. The SMILES string of the molecule is COC(=O)c1cccc(NC(=O)/C(=C/c2ccco2)NC(=O)c2ccccc2Cl)c1. The summed E-state index contributed by atoms with van der Waals surface area (Å²) in [6, 6.07) is 16.0. The van der Waals surface area contributed by atoms with E-state index in [0.29, 0.717) is 11.4 Å². The van der Waals surface area contributed by atoms with E-state index in [1.165, 1.54) is 25.5 Å². The van der Waals surface area contributed by atoms with Gasteiger partial charge in [0.15, 0.2) is 0 Å². The maximum atomic E-state index is 12.9. The van der Waals surface area contributed by atoms with Crippen LogP contribution in [0.1, 0.15) is 26.5 Å². The number of carbonyl (C=O) groups is 3. The molecule has 0 radical (unpaired) electrons. The van der Waals surface area contributed by atoms with Crippen molar-refractivity contribution in [3.05, 3.63) is 94.5 Å². The Labute approximate surface area is 177 Å². The number of ether oxygens (including phenoxy) is 1. The highest BCUT2D eigenvalue weighted by atomic mass is 35.5. The van der Waals surface area contributed by atoms with Crippen molar-refractivity contribution in [2.75, 3.05) is 12.4 Å². The zero-order valence-electron chi connectivity index (χ0n) is 15.8. The summed E-state index contributed by atoms with van der Waals surface area (Å²) in [5.74, 6) is -1.35. The minimum atomic E-state index is -0.617. The zero-order valence-corrected chi connectivity index (χ0v) is 16.6. The molecule has 2 aromatic carbocycles. The molecule has 3 aromatic rings. The molecule has 0 bridgehead atoms. The van der Waals surface area contributed by atoms with E-state index < -0.39 is 17.8 Å². The third kappa shape index (κ3) is 5.15. The number of halogens is 1. The molecule has 0 saturated carbocycles. The largest absolute Gasteiger partial charge is 0.465 e. The van der Waals surface area contributed by atoms with Gasteiger partial charge in [-0.2, -0.15) is 0 Å². The number of hydrogen-bond donors (Lipinski definition) is 2. The van der Waals surface area contributed by atoms with E-state index in [-0.39, 0.29) is 21.8 Å². The first-order valence-corrected chi connectivity index (χ1v) is 9.16. The average molecular weight is 425 g/mol. The van der Waals surface area contributed by atoms with Crippen LogP contribution < -0.4 is 10.6 Å². The fraction of sp³-hybridized carbons (Fsp3) is 0.0455. The van der Waals surface area contributed by atoms with Gasteiger partial charge in [0, 0.05) is 11.8 Å². The Morgan fingerprint density at radius 2 is 1.83 bits per heavy atom. The summed E-state index contributed by atoms with van der Waals surface area (Å²) in [7, 11) is 1.27. The van der Waals surface area contributed by atoms with Gasteiger partial charge in [0.05, 0.1) is 29.5 Å². The lowest BCUT2D eigenvalue weighted by Gasteiger charge is -2.12. The number of anilines is 1. The van der Waals surface area contributed by atoms with Crippen LogP contribution >= 0.6 is 11.6 Å². The summed E-state index contributed by atoms with van der Waals surface area (Å²) in [6.07, 6.45) is 2.82. The van der Waals surface area contributed by atoms with Gasteiger partial charge in [-0.15, -0.1) is 0 Å². The highest BCUT2D eigenvalue weighted by Gasteiger charge is 2.18. The fourth-order valence-electron chi connectivity index (χ4n) is 2.55. The summed E-state index contributed by atoms with van der Waals surface area (Å²) in [4.78, 5) is 37.2. The third-order valence-corrected chi connectivity index (χ3v) is 4.31. The lowest BCUT2D eigenvalue weighted by Crippen LogP contribution is -2.31.